The molecule has 0 bridgehead atoms. The third kappa shape index (κ3) is 2.02. The average Bonchev–Trinajstić information content (AvgIpc) is 2.15. The summed E-state index contributed by atoms with van der Waals surface area (Å²) < 4.78 is 26.7. The average molecular weight is 212 g/mol. The number of nitrogens with two attached hydrogens (primary N) is 1. The second kappa shape index (κ2) is 3.65. The number of hydrogen-bond acceptors (Lipinski definition) is 3. The van der Waals surface area contributed by atoms with Gasteiger partial charge < -0.3 is 4.74 Å². The fourth-order valence-corrected chi connectivity index (χ4v) is 1.46. The molecular weight excluding hydrogens is 204 g/mol. The first kappa shape index (κ1) is 10.5. The van der Waals surface area contributed by atoms with Gasteiger partial charge in [-0.05, 0) is 6.07 Å². The Bertz CT molecular complexity index is 488. The van der Waals surface area contributed by atoms with Crippen LogP contribution in [0.4, 0.5) is 5.69 Å². The van der Waals surface area contributed by atoms with E-state index in [1.54, 1.807) is 0 Å². The van der Waals surface area contributed by atoms with Crippen molar-refractivity contribution in [3.05, 3.63) is 29.6 Å². The molecule has 0 saturated heterocycles. The maximum Gasteiger partial charge on any atom is 0.238 e. The molecule has 0 atom stereocenters. The van der Waals surface area contributed by atoms with E-state index >= 15 is 0 Å². The van der Waals surface area contributed by atoms with E-state index in [1.165, 1.54) is 25.3 Å². The van der Waals surface area contributed by atoms with Crippen molar-refractivity contribution in [1.29, 1.82) is 0 Å². The van der Waals surface area contributed by atoms with Gasteiger partial charge in [0.05, 0.1) is 18.6 Å². The normalized spacial score (nSPS) is 10.6. The van der Waals surface area contributed by atoms with Crippen molar-refractivity contribution in [1.82, 2.24) is 0 Å². The van der Waals surface area contributed by atoms with Gasteiger partial charge in [-0.25, -0.2) is 18.4 Å². The molecule has 14 heavy (non-hydrogen) atoms. The minimum Gasteiger partial charge on any atom is -0.508 e. The molecule has 0 aliphatic rings. The lowest BCUT2D eigenvalue weighted by atomic mass is 10.3. The second-order valence-corrected chi connectivity index (χ2v) is 4.05. The Morgan fingerprint density at radius 2 is 2.14 bits per heavy atom. The maximum absolute atomic E-state index is 10.9. The third-order valence-electron chi connectivity index (χ3n) is 1.60. The van der Waals surface area contributed by atoms with E-state index in [0.717, 1.165) is 0 Å². The summed E-state index contributed by atoms with van der Waals surface area (Å²) in [7, 11) is -2.39. The first-order valence-electron chi connectivity index (χ1n) is 3.57. The number of sulfonamides is 1. The van der Waals surface area contributed by atoms with E-state index in [2.05, 4.69) is 4.85 Å². The number of methoxy groups -OCH3 is 1. The fourth-order valence-electron chi connectivity index (χ4n) is 0.927. The zero-order valence-electron chi connectivity index (χ0n) is 7.39. The molecule has 0 radical (unpaired) electrons. The minimum absolute atomic E-state index is 0.0678. The van der Waals surface area contributed by atoms with Crippen LogP contribution >= 0.6 is 0 Å². The zero-order chi connectivity index (χ0) is 10.8. The lowest BCUT2D eigenvalue weighted by molar-refractivity contribution is 0.416. The molecule has 74 valence electrons. The summed E-state index contributed by atoms with van der Waals surface area (Å²) in [5.74, 6) is 0.200. The summed E-state index contributed by atoms with van der Waals surface area (Å²) in [5.41, 5.74) is 0.250. The minimum atomic E-state index is -3.74. The SMILES string of the molecule is [C-]#[N+]c1ccc(S(N)(=O)=O)cc1OC. The lowest BCUT2D eigenvalue weighted by Crippen LogP contribution is -2.11. The van der Waals surface area contributed by atoms with Crippen molar-refractivity contribution in [2.75, 3.05) is 7.11 Å². The lowest BCUT2D eigenvalue weighted by Gasteiger charge is -2.04. The van der Waals surface area contributed by atoms with E-state index in [0.29, 0.717) is 0 Å². The monoisotopic (exact) mass is 212 g/mol. The first-order chi connectivity index (χ1) is 6.49. The Morgan fingerprint density at radius 3 is 2.57 bits per heavy atom. The Morgan fingerprint density at radius 1 is 1.50 bits per heavy atom. The van der Waals surface area contributed by atoms with Crippen LogP contribution in [0.5, 0.6) is 5.75 Å². The summed E-state index contributed by atoms with van der Waals surface area (Å²) in [5, 5.41) is 4.91. The summed E-state index contributed by atoms with van der Waals surface area (Å²) in [6, 6.07) is 3.85. The molecular formula is C8H8N2O3S. The van der Waals surface area contributed by atoms with Gasteiger partial charge in [-0.1, -0.05) is 12.1 Å². The van der Waals surface area contributed by atoms with Gasteiger partial charge in [0.15, 0.2) is 0 Å². The highest BCUT2D eigenvalue weighted by molar-refractivity contribution is 7.89. The van der Waals surface area contributed by atoms with Crippen molar-refractivity contribution in [3.8, 4) is 5.75 Å². The van der Waals surface area contributed by atoms with Gasteiger partial charge in [0.25, 0.3) is 0 Å². The van der Waals surface area contributed by atoms with E-state index in [1.807, 2.05) is 0 Å². The highest BCUT2D eigenvalue weighted by atomic mass is 32.2. The first-order valence-corrected chi connectivity index (χ1v) is 5.12. The van der Waals surface area contributed by atoms with Crippen LogP contribution in [-0.2, 0) is 10.0 Å². The van der Waals surface area contributed by atoms with Gasteiger partial charge in [0.2, 0.25) is 15.7 Å². The van der Waals surface area contributed by atoms with Gasteiger partial charge in [-0.2, -0.15) is 0 Å². The molecule has 6 heteroatoms. The van der Waals surface area contributed by atoms with Crippen LogP contribution in [0, 0.1) is 6.57 Å². The Kier molecular flexibility index (Phi) is 2.74. The molecule has 1 rings (SSSR count). The molecule has 1 aromatic carbocycles. The number of hydrogen-bond donors (Lipinski definition) is 1. The zero-order valence-corrected chi connectivity index (χ0v) is 8.21. The Balaban J connectivity index is 3.37. The third-order valence-corrected chi connectivity index (χ3v) is 2.51. The summed E-state index contributed by atoms with van der Waals surface area (Å²) in [6.07, 6.45) is 0. The predicted molar refractivity (Wildman–Crippen MR) is 50.6 cm³/mol. The smallest absolute Gasteiger partial charge is 0.238 e. The van der Waals surface area contributed by atoms with E-state index in [9.17, 15) is 8.42 Å². The van der Waals surface area contributed by atoms with Crippen LogP contribution in [0.2, 0.25) is 0 Å². The van der Waals surface area contributed by atoms with E-state index in [-0.39, 0.29) is 16.3 Å². The van der Waals surface area contributed by atoms with Gasteiger partial charge >= 0.3 is 0 Å². The quantitative estimate of drug-likeness (QED) is 0.740. The molecule has 0 fully saturated rings. The standard InChI is InChI=1S/C8H8N2O3S/c1-10-7-4-3-6(14(9,11)12)5-8(7)13-2/h3-5H,2H3,(H2,9,11,12). The van der Waals surface area contributed by atoms with E-state index in [4.69, 9.17) is 16.4 Å². The van der Waals surface area contributed by atoms with Crippen molar-refractivity contribution in [2.45, 2.75) is 4.90 Å². The van der Waals surface area contributed by atoms with Crippen LogP contribution in [-0.4, -0.2) is 15.5 Å². The topological polar surface area (TPSA) is 73.8 Å². The number of primary sulfonamides is 1. The van der Waals surface area contributed by atoms with Gasteiger partial charge in [0, 0.05) is 0 Å². The number of nitrogens with zero attached hydrogens (tertiary/aromatic N) is 1. The fraction of sp³-hybridized carbons (Fsp3) is 0.125. The molecule has 0 aliphatic carbocycles. The molecule has 0 aromatic heterocycles. The largest absolute Gasteiger partial charge is 0.508 e. The molecule has 2 N–H and O–H groups in total. The molecule has 0 aliphatic heterocycles. The Labute approximate surface area is 82.0 Å². The Hall–Kier alpha value is -1.58. The molecule has 0 saturated carbocycles. The number of benzene rings is 1. The number of rotatable bonds is 2. The molecule has 5 nitrogen and oxygen atoms in total. The second-order valence-electron chi connectivity index (χ2n) is 2.49. The van der Waals surface area contributed by atoms with Crippen LogP contribution in [0.15, 0.2) is 23.1 Å². The predicted octanol–water partition coefficient (Wildman–Crippen LogP) is 0.893. The molecule has 0 heterocycles. The molecule has 0 spiro atoms. The molecule has 0 amide bonds. The van der Waals surface area contributed by atoms with Crippen molar-refractivity contribution in [3.63, 3.8) is 0 Å². The van der Waals surface area contributed by atoms with Crippen LogP contribution in [0.25, 0.3) is 4.85 Å². The highest BCUT2D eigenvalue weighted by Crippen LogP contribution is 2.29. The van der Waals surface area contributed by atoms with Crippen LogP contribution < -0.4 is 9.88 Å². The van der Waals surface area contributed by atoms with Crippen molar-refractivity contribution >= 4 is 15.7 Å². The van der Waals surface area contributed by atoms with Crippen molar-refractivity contribution in [2.24, 2.45) is 5.14 Å². The van der Waals surface area contributed by atoms with Gasteiger partial charge in [0.1, 0.15) is 5.75 Å². The maximum atomic E-state index is 10.9. The van der Waals surface area contributed by atoms with Gasteiger partial charge in [-0.3, -0.25) is 0 Å². The van der Waals surface area contributed by atoms with E-state index < -0.39 is 10.0 Å². The molecule has 0 unspecified atom stereocenters. The number of ether oxygens (including phenoxy) is 1. The summed E-state index contributed by atoms with van der Waals surface area (Å²) in [4.78, 5) is 3.09. The molecule has 1 aromatic rings. The van der Waals surface area contributed by atoms with Crippen LogP contribution in [0.1, 0.15) is 0 Å². The highest BCUT2D eigenvalue weighted by Gasteiger charge is 2.11. The van der Waals surface area contributed by atoms with Gasteiger partial charge in [-0.15, -0.1) is 0 Å². The van der Waals surface area contributed by atoms with Crippen LogP contribution in [0.3, 0.4) is 0 Å². The summed E-state index contributed by atoms with van der Waals surface area (Å²) >= 11 is 0. The summed E-state index contributed by atoms with van der Waals surface area (Å²) in [6.45, 7) is 6.78. The van der Waals surface area contributed by atoms with Crippen molar-refractivity contribution < 1.29 is 13.2 Å².